The number of hydrogen-bond donors (Lipinski definition) is 2. The zero-order valence-electron chi connectivity index (χ0n) is 11.3. The van der Waals surface area contributed by atoms with Gasteiger partial charge in [0.2, 0.25) is 0 Å². The van der Waals surface area contributed by atoms with Crippen LogP contribution in [0.3, 0.4) is 0 Å². The third kappa shape index (κ3) is 4.46. The van der Waals surface area contributed by atoms with Crippen LogP contribution in [0, 0.1) is 0 Å². The van der Waals surface area contributed by atoms with E-state index in [0.29, 0.717) is 0 Å². The second-order valence-electron chi connectivity index (χ2n) is 4.39. The van der Waals surface area contributed by atoms with Gasteiger partial charge in [-0.15, -0.1) is 0 Å². The standard InChI is InChI=1S/C14H21N5/c1-2-8-15-9-10-16-11-13-12-17-19(18-13)14-6-4-3-5-7-14/h3-7,12,15-16H,2,8-11H2,1H3. The van der Waals surface area contributed by atoms with Gasteiger partial charge in [0.05, 0.1) is 17.6 Å². The summed E-state index contributed by atoms with van der Waals surface area (Å²) in [7, 11) is 0. The van der Waals surface area contributed by atoms with Crippen molar-refractivity contribution in [1.29, 1.82) is 0 Å². The Labute approximate surface area is 114 Å². The fraction of sp³-hybridized carbons (Fsp3) is 0.429. The minimum absolute atomic E-state index is 0.751. The Hall–Kier alpha value is -1.72. The maximum absolute atomic E-state index is 4.44. The number of para-hydroxylation sites is 1. The second-order valence-corrected chi connectivity index (χ2v) is 4.39. The van der Waals surface area contributed by atoms with Crippen molar-refractivity contribution in [2.24, 2.45) is 0 Å². The summed E-state index contributed by atoms with van der Waals surface area (Å²) in [6, 6.07) is 9.93. The van der Waals surface area contributed by atoms with Crippen LogP contribution in [-0.4, -0.2) is 34.6 Å². The van der Waals surface area contributed by atoms with Crippen LogP contribution >= 0.6 is 0 Å². The topological polar surface area (TPSA) is 54.8 Å². The molecule has 5 nitrogen and oxygen atoms in total. The predicted molar refractivity (Wildman–Crippen MR) is 76.2 cm³/mol. The lowest BCUT2D eigenvalue weighted by Gasteiger charge is -2.03. The van der Waals surface area contributed by atoms with Crippen LogP contribution in [0.4, 0.5) is 0 Å². The molecule has 0 saturated heterocycles. The highest BCUT2D eigenvalue weighted by atomic mass is 15.5. The minimum Gasteiger partial charge on any atom is -0.315 e. The Morgan fingerprint density at radius 3 is 2.63 bits per heavy atom. The highest BCUT2D eigenvalue weighted by Gasteiger charge is 2.01. The van der Waals surface area contributed by atoms with Crippen molar-refractivity contribution in [3.63, 3.8) is 0 Å². The highest BCUT2D eigenvalue weighted by molar-refractivity contribution is 5.28. The number of nitrogens with one attached hydrogen (secondary N) is 2. The maximum atomic E-state index is 4.44. The molecule has 1 aromatic heterocycles. The fourth-order valence-corrected chi connectivity index (χ4v) is 1.76. The van der Waals surface area contributed by atoms with Gasteiger partial charge in [0.15, 0.2) is 0 Å². The molecule has 0 amide bonds. The fourth-order valence-electron chi connectivity index (χ4n) is 1.76. The number of rotatable bonds is 8. The van der Waals surface area contributed by atoms with E-state index in [1.165, 1.54) is 6.42 Å². The van der Waals surface area contributed by atoms with E-state index < -0.39 is 0 Å². The van der Waals surface area contributed by atoms with Gasteiger partial charge in [0.25, 0.3) is 0 Å². The highest BCUT2D eigenvalue weighted by Crippen LogP contribution is 2.03. The van der Waals surface area contributed by atoms with E-state index in [9.17, 15) is 0 Å². The van der Waals surface area contributed by atoms with Crippen LogP contribution in [0.15, 0.2) is 36.5 Å². The quantitative estimate of drug-likeness (QED) is 0.703. The molecule has 0 spiro atoms. The molecule has 0 atom stereocenters. The first-order chi connectivity index (χ1) is 9.40. The Morgan fingerprint density at radius 2 is 1.84 bits per heavy atom. The van der Waals surface area contributed by atoms with Gasteiger partial charge in [0, 0.05) is 19.6 Å². The van der Waals surface area contributed by atoms with Gasteiger partial charge < -0.3 is 10.6 Å². The van der Waals surface area contributed by atoms with E-state index >= 15 is 0 Å². The van der Waals surface area contributed by atoms with E-state index in [1.807, 2.05) is 30.3 Å². The van der Waals surface area contributed by atoms with Crippen LogP contribution in [0.2, 0.25) is 0 Å². The molecular weight excluding hydrogens is 238 g/mol. The van der Waals surface area contributed by atoms with Gasteiger partial charge >= 0.3 is 0 Å². The van der Waals surface area contributed by atoms with Gasteiger partial charge in [-0.2, -0.15) is 15.0 Å². The molecular formula is C14H21N5. The zero-order chi connectivity index (χ0) is 13.3. The monoisotopic (exact) mass is 259 g/mol. The summed E-state index contributed by atoms with van der Waals surface area (Å²) in [6.07, 6.45) is 2.98. The maximum Gasteiger partial charge on any atom is 0.0969 e. The summed E-state index contributed by atoms with van der Waals surface area (Å²) < 4.78 is 0. The van der Waals surface area contributed by atoms with Crippen molar-refractivity contribution in [1.82, 2.24) is 25.6 Å². The molecule has 1 aromatic carbocycles. The van der Waals surface area contributed by atoms with E-state index in [1.54, 1.807) is 11.0 Å². The second kappa shape index (κ2) is 7.66. The molecule has 19 heavy (non-hydrogen) atoms. The molecule has 0 aliphatic heterocycles. The molecule has 2 rings (SSSR count). The minimum atomic E-state index is 0.751. The van der Waals surface area contributed by atoms with Gasteiger partial charge in [0.1, 0.15) is 0 Å². The lowest BCUT2D eigenvalue weighted by Crippen LogP contribution is -2.27. The summed E-state index contributed by atoms with van der Waals surface area (Å²) >= 11 is 0. The molecule has 0 fully saturated rings. The van der Waals surface area contributed by atoms with Gasteiger partial charge in [-0.05, 0) is 25.1 Å². The summed E-state index contributed by atoms with van der Waals surface area (Å²) in [5.74, 6) is 0. The van der Waals surface area contributed by atoms with E-state index in [4.69, 9.17) is 0 Å². The molecule has 0 unspecified atom stereocenters. The van der Waals surface area contributed by atoms with Crippen LogP contribution in [-0.2, 0) is 6.54 Å². The van der Waals surface area contributed by atoms with Gasteiger partial charge in [-0.1, -0.05) is 25.1 Å². The zero-order valence-corrected chi connectivity index (χ0v) is 11.3. The summed E-state index contributed by atoms with van der Waals surface area (Å²) in [6.45, 7) is 5.92. The molecule has 5 heteroatoms. The average molecular weight is 259 g/mol. The Morgan fingerprint density at radius 1 is 1.05 bits per heavy atom. The van der Waals surface area contributed by atoms with E-state index in [0.717, 1.165) is 37.6 Å². The summed E-state index contributed by atoms with van der Waals surface area (Å²) in [5, 5.41) is 15.4. The van der Waals surface area contributed by atoms with Crippen LogP contribution < -0.4 is 10.6 Å². The van der Waals surface area contributed by atoms with E-state index in [-0.39, 0.29) is 0 Å². The smallest absolute Gasteiger partial charge is 0.0969 e. The number of benzene rings is 1. The van der Waals surface area contributed by atoms with Crippen LogP contribution in [0.5, 0.6) is 0 Å². The van der Waals surface area contributed by atoms with Gasteiger partial charge in [-0.25, -0.2) is 0 Å². The van der Waals surface area contributed by atoms with Crippen molar-refractivity contribution in [3.8, 4) is 5.69 Å². The molecule has 2 aromatic rings. The first-order valence-electron chi connectivity index (χ1n) is 6.78. The Bertz CT molecular complexity index is 466. The normalized spacial score (nSPS) is 10.8. The van der Waals surface area contributed by atoms with Gasteiger partial charge in [-0.3, -0.25) is 0 Å². The molecule has 0 aliphatic rings. The third-order valence-electron chi connectivity index (χ3n) is 2.74. The third-order valence-corrected chi connectivity index (χ3v) is 2.74. The van der Waals surface area contributed by atoms with Crippen molar-refractivity contribution >= 4 is 0 Å². The van der Waals surface area contributed by atoms with Crippen LogP contribution in [0.25, 0.3) is 5.69 Å². The predicted octanol–water partition coefficient (Wildman–Crippen LogP) is 1.36. The lowest BCUT2D eigenvalue weighted by atomic mass is 10.3. The SMILES string of the molecule is CCCNCCNCc1cnn(-c2ccccc2)n1. The Balaban J connectivity index is 1.75. The van der Waals surface area contributed by atoms with Crippen LogP contribution in [0.1, 0.15) is 19.0 Å². The molecule has 102 valence electrons. The lowest BCUT2D eigenvalue weighted by molar-refractivity contribution is 0.599. The first kappa shape index (κ1) is 13.7. The average Bonchev–Trinajstić information content (AvgIpc) is 2.92. The van der Waals surface area contributed by atoms with Crippen molar-refractivity contribution < 1.29 is 0 Å². The Kier molecular flexibility index (Phi) is 5.52. The number of nitrogens with zero attached hydrogens (tertiary/aromatic N) is 3. The van der Waals surface area contributed by atoms with Crippen molar-refractivity contribution in [2.75, 3.05) is 19.6 Å². The molecule has 0 saturated carbocycles. The molecule has 0 bridgehead atoms. The van der Waals surface area contributed by atoms with E-state index in [2.05, 4.69) is 27.8 Å². The largest absolute Gasteiger partial charge is 0.315 e. The van der Waals surface area contributed by atoms with Crippen molar-refractivity contribution in [2.45, 2.75) is 19.9 Å². The summed E-state index contributed by atoms with van der Waals surface area (Å²) in [5.41, 5.74) is 1.94. The molecule has 0 aliphatic carbocycles. The molecule has 2 N–H and O–H groups in total. The molecule has 0 radical (unpaired) electrons. The summed E-state index contributed by atoms with van der Waals surface area (Å²) in [4.78, 5) is 1.66. The molecule has 1 heterocycles. The number of hydrogen-bond acceptors (Lipinski definition) is 4. The first-order valence-corrected chi connectivity index (χ1v) is 6.78. The van der Waals surface area contributed by atoms with Crippen molar-refractivity contribution in [3.05, 3.63) is 42.2 Å². The number of aromatic nitrogens is 3.